The highest BCUT2D eigenvalue weighted by Crippen LogP contribution is 2.45. The van der Waals surface area contributed by atoms with Crippen LogP contribution in [0, 0.1) is 5.41 Å². The molecule has 1 aromatic carbocycles. The number of hydrogen-bond donors (Lipinski definition) is 0. The van der Waals surface area contributed by atoms with E-state index in [1.165, 1.54) is 5.46 Å². The van der Waals surface area contributed by atoms with Crippen LogP contribution >= 0.6 is 0 Å². The van der Waals surface area contributed by atoms with Gasteiger partial charge < -0.3 is 4.65 Å². The van der Waals surface area contributed by atoms with E-state index in [2.05, 4.69) is 40.7 Å². The second-order valence-corrected chi connectivity index (χ2v) is 6.59. The summed E-state index contributed by atoms with van der Waals surface area (Å²) in [5.74, 6) is 0. The van der Waals surface area contributed by atoms with Crippen molar-refractivity contribution in [2.75, 3.05) is 0 Å². The molecule has 0 aliphatic carbocycles. The molecule has 0 bridgehead atoms. The summed E-state index contributed by atoms with van der Waals surface area (Å²) in [6.07, 6.45) is 2.81. The van der Waals surface area contributed by atoms with E-state index in [1.807, 2.05) is 12.1 Å². The van der Waals surface area contributed by atoms with Crippen molar-refractivity contribution in [2.24, 2.45) is 5.41 Å². The van der Waals surface area contributed by atoms with Crippen molar-refractivity contribution in [3.63, 3.8) is 0 Å². The summed E-state index contributed by atoms with van der Waals surface area (Å²) < 4.78 is 6.28. The van der Waals surface area contributed by atoms with Gasteiger partial charge in [0.2, 0.25) is 0 Å². The molecule has 0 unspecified atom stereocenters. The fourth-order valence-electron chi connectivity index (χ4n) is 2.88. The summed E-state index contributed by atoms with van der Waals surface area (Å²) in [6.45, 7) is 11.0. The van der Waals surface area contributed by atoms with Gasteiger partial charge in [0.25, 0.3) is 0 Å². The molecular formula is C16H23BO2. The third kappa shape index (κ3) is 2.36. The Morgan fingerprint density at radius 2 is 2.00 bits per heavy atom. The Hall–Kier alpha value is -1.09. The standard InChI is InChI=1S/C16H23BO2/c1-6-13-12(10-18)8-7-9-14(13)17-11-15(2,3)16(4,5)19-17/h7-10H,6,11H2,1-5H3. The van der Waals surface area contributed by atoms with Crippen LogP contribution in [0.4, 0.5) is 0 Å². The van der Waals surface area contributed by atoms with E-state index in [0.717, 1.165) is 30.2 Å². The first kappa shape index (κ1) is 14.3. The molecule has 0 N–H and O–H groups in total. The normalized spacial score (nSPS) is 20.6. The van der Waals surface area contributed by atoms with Crippen molar-refractivity contribution >= 4 is 18.7 Å². The third-order valence-corrected chi connectivity index (χ3v) is 4.84. The van der Waals surface area contributed by atoms with Crippen LogP contribution in [-0.4, -0.2) is 18.8 Å². The quantitative estimate of drug-likeness (QED) is 0.615. The van der Waals surface area contributed by atoms with Gasteiger partial charge in [0, 0.05) is 5.56 Å². The van der Waals surface area contributed by atoms with Gasteiger partial charge in [-0.2, -0.15) is 0 Å². The molecule has 102 valence electrons. The molecular weight excluding hydrogens is 235 g/mol. The minimum absolute atomic E-state index is 0.0971. The molecule has 1 saturated heterocycles. The summed E-state index contributed by atoms with van der Waals surface area (Å²) in [5, 5.41) is 0. The van der Waals surface area contributed by atoms with E-state index >= 15 is 0 Å². The van der Waals surface area contributed by atoms with Crippen LogP contribution in [0.25, 0.3) is 0 Å². The number of aldehydes is 1. The molecule has 0 aromatic heterocycles. The maximum atomic E-state index is 11.2. The summed E-state index contributed by atoms with van der Waals surface area (Å²) in [5.41, 5.74) is 3.12. The molecule has 1 fully saturated rings. The lowest BCUT2D eigenvalue weighted by atomic mass is 9.53. The highest BCUT2D eigenvalue weighted by atomic mass is 16.5. The molecule has 1 aliphatic rings. The second kappa shape index (κ2) is 4.79. The molecule has 2 nitrogen and oxygen atoms in total. The predicted octanol–water partition coefficient (Wildman–Crippen LogP) is 3.10. The molecule has 0 radical (unpaired) electrons. The molecule has 0 saturated carbocycles. The van der Waals surface area contributed by atoms with Crippen LogP contribution in [0.2, 0.25) is 6.32 Å². The van der Waals surface area contributed by atoms with Crippen molar-refractivity contribution < 1.29 is 9.45 Å². The van der Waals surface area contributed by atoms with Gasteiger partial charge in [-0.05, 0) is 43.0 Å². The molecule has 0 amide bonds. The van der Waals surface area contributed by atoms with Gasteiger partial charge in [0.05, 0.1) is 5.60 Å². The van der Waals surface area contributed by atoms with Crippen molar-refractivity contribution in [1.82, 2.24) is 0 Å². The Labute approximate surface area is 116 Å². The number of rotatable bonds is 3. The van der Waals surface area contributed by atoms with Gasteiger partial charge >= 0.3 is 6.92 Å². The van der Waals surface area contributed by atoms with Crippen LogP contribution in [-0.2, 0) is 11.1 Å². The molecule has 0 atom stereocenters. The minimum atomic E-state index is -0.139. The fraction of sp³-hybridized carbons (Fsp3) is 0.562. The van der Waals surface area contributed by atoms with Gasteiger partial charge in [-0.15, -0.1) is 0 Å². The van der Waals surface area contributed by atoms with E-state index in [1.54, 1.807) is 0 Å². The van der Waals surface area contributed by atoms with Crippen LogP contribution in [0.1, 0.15) is 50.5 Å². The van der Waals surface area contributed by atoms with E-state index < -0.39 is 0 Å². The van der Waals surface area contributed by atoms with E-state index in [-0.39, 0.29) is 17.9 Å². The number of carbonyl (C=O) groups is 1. The topological polar surface area (TPSA) is 26.3 Å². The summed E-state index contributed by atoms with van der Waals surface area (Å²) in [4.78, 5) is 11.2. The van der Waals surface area contributed by atoms with Gasteiger partial charge in [-0.25, -0.2) is 0 Å². The lowest BCUT2D eigenvalue weighted by molar-refractivity contribution is 0.0375. The third-order valence-electron chi connectivity index (χ3n) is 4.84. The first-order chi connectivity index (χ1) is 8.82. The van der Waals surface area contributed by atoms with E-state index in [4.69, 9.17) is 4.65 Å². The fourth-order valence-corrected chi connectivity index (χ4v) is 2.88. The molecule has 1 aromatic rings. The zero-order valence-electron chi connectivity index (χ0n) is 12.6. The van der Waals surface area contributed by atoms with Gasteiger partial charge in [0.1, 0.15) is 6.29 Å². The first-order valence-corrected chi connectivity index (χ1v) is 7.07. The minimum Gasteiger partial charge on any atom is -0.426 e. The summed E-state index contributed by atoms with van der Waals surface area (Å²) in [7, 11) is 0. The average molecular weight is 258 g/mol. The van der Waals surface area contributed by atoms with E-state index in [9.17, 15) is 4.79 Å². The molecule has 3 heteroatoms. The molecule has 19 heavy (non-hydrogen) atoms. The van der Waals surface area contributed by atoms with Crippen molar-refractivity contribution in [2.45, 2.75) is 53.0 Å². The van der Waals surface area contributed by atoms with Crippen LogP contribution < -0.4 is 5.46 Å². The Balaban J connectivity index is 2.42. The van der Waals surface area contributed by atoms with Gasteiger partial charge in [0.15, 0.2) is 0 Å². The molecule has 0 spiro atoms. The maximum Gasteiger partial charge on any atom is 0.328 e. The highest BCUT2D eigenvalue weighted by molar-refractivity contribution is 6.68. The molecule has 1 heterocycles. The predicted molar refractivity (Wildman–Crippen MR) is 80.3 cm³/mol. The maximum absolute atomic E-state index is 11.2. The lowest BCUT2D eigenvalue weighted by Crippen LogP contribution is -2.37. The lowest BCUT2D eigenvalue weighted by Gasteiger charge is -2.34. The average Bonchev–Trinajstić information content (AvgIpc) is 2.57. The largest absolute Gasteiger partial charge is 0.426 e. The second-order valence-electron chi connectivity index (χ2n) is 6.59. The Kier molecular flexibility index (Phi) is 3.61. The SMILES string of the molecule is CCc1c(C=O)cccc1B1CC(C)(C)C(C)(C)O1. The van der Waals surface area contributed by atoms with Gasteiger partial charge in [-0.3, -0.25) is 4.79 Å². The monoisotopic (exact) mass is 258 g/mol. The zero-order valence-corrected chi connectivity index (χ0v) is 12.6. The zero-order chi connectivity index (χ0) is 14.3. The highest BCUT2D eigenvalue weighted by Gasteiger charge is 2.50. The Bertz CT molecular complexity index is 476. The molecule has 1 aliphatic heterocycles. The summed E-state index contributed by atoms with van der Waals surface area (Å²) in [6, 6.07) is 5.95. The molecule has 2 rings (SSSR count). The first-order valence-electron chi connectivity index (χ1n) is 7.07. The van der Waals surface area contributed by atoms with Gasteiger partial charge in [-0.1, -0.05) is 39.0 Å². The van der Waals surface area contributed by atoms with Crippen molar-refractivity contribution in [3.05, 3.63) is 29.3 Å². The number of benzene rings is 1. The van der Waals surface area contributed by atoms with Crippen molar-refractivity contribution in [3.8, 4) is 0 Å². The summed E-state index contributed by atoms with van der Waals surface area (Å²) >= 11 is 0. The Morgan fingerprint density at radius 3 is 2.47 bits per heavy atom. The number of carbonyl (C=O) groups excluding carboxylic acids is 1. The smallest absolute Gasteiger partial charge is 0.328 e. The van der Waals surface area contributed by atoms with E-state index in [0.29, 0.717) is 0 Å². The van der Waals surface area contributed by atoms with Crippen LogP contribution in [0.15, 0.2) is 18.2 Å². The van der Waals surface area contributed by atoms with Crippen LogP contribution in [0.3, 0.4) is 0 Å². The van der Waals surface area contributed by atoms with Crippen LogP contribution in [0.5, 0.6) is 0 Å². The number of hydrogen-bond acceptors (Lipinski definition) is 2. The van der Waals surface area contributed by atoms with Crippen molar-refractivity contribution in [1.29, 1.82) is 0 Å². The Morgan fingerprint density at radius 1 is 1.32 bits per heavy atom.